The number of benzene rings is 2. The Balaban J connectivity index is 1.42. The molecule has 0 unspecified atom stereocenters. The maximum atomic E-state index is 11.8. The number of aromatic nitrogens is 2. The average molecular weight is 396 g/mol. The lowest BCUT2D eigenvalue weighted by molar-refractivity contribution is 0.0695. The number of fused-ring (bicyclic) bond motifs is 1. The SMILES string of the molecule is Cc1ccccc1Cn1ccc2cc(Cc3ncc(C4CC4)cc3C(=O)O)ccc21. The number of carboxylic acids is 1. The molecule has 2 aromatic heterocycles. The molecule has 4 nitrogen and oxygen atoms in total. The zero-order valence-electron chi connectivity index (χ0n) is 17.0. The number of rotatable bonds is 6. The molecule has 4 aromatic rings. The monoisotopic (exact) mass is 396 g/mol. The van der Waals surface area contributed by atoms with Crippen LogP contribution in [-0.4, -0.2) is 20.6 Å². The smallest absolute Gasteiger partial charge is 0.337 e. The Bertz CT molecular complexity index is 1250. The van der Waals surface area contributed by atoms with Crippen molar-refractivity contribution >= 4 is 16.9 Å². The Kier molecular flexibility index (Phi) is 4.62. The van der Waals surface area contributed by atoms with Gasteiger partial charge in [-0.15, -0.1) is 0 Å². The first-order valence-corrected chi connectivity index (χ1v) is 10.4. The van der Waals surface area contributed by atoms with E-state index in [0.29, 0.717) is 23.6 Å². The molecule has 150 valence electrons. The maximum Gasteiger partial charge on any atom is 0.337 e. The minimum Gasteiger partial charge on any atom is -0.478 e. The number of aryl methyl sites for hydroxylation is 1. The van der Waals surface area contributed by atoms with Crippen LogP contribution in [0.4, 0.5) is 0 Å². The highest BCUT2D eigenvalue weighted by molar-refractivity contribution is 5.89. The summed E-state index contributed by atoms with van der Waals surface area (Å²) < 4.78 is 2.26. The van der Waals surface area contributed by atoms with Crippen molar-refractivity contribution < 1.29 is 9.90 Å². The zero-order chi connectivity index (χ0) is 20.7. The van der Waals surface area contributed by atoms with E-state index in [0.717, 1.165) is 35.9 Å². The lowest BCUT2D eigenvalue weighted by atomic mass is 10.0. The molecule has 2 aromatic carbocycles. The molecule has 0 atom stereocenters. The van der Waals surface area contributed by atoms with Gasteiger partial charge in [-0.1, -0.05) is 30.3 Å². The van der Waals surface area contributed by atoms with Crippen molar-refractivity contribution in [1.82, 2.24) is 9.55 Å². The molecule has 4 heteroatoms. The van der Waals surface area contributed by atoms with Gasteiger partial charge in [-0.25, -0.2) is 4.79 Å². The molecule has 0 radical (unpaired) electrons. The maximum absolute atomic E-state index is 11.8. The van der Waals surface area contributed by atoms with Crippen molar-refractivity contribution in [3.63, 3.8) is 0 Å². The molecule has 0 bridgehead atoms. The fourth-order valence-electron chi connectivity index (χ4n) is 4.14. The van der Waals surface area contributed by atoms with Crippen LogP contribution in [0.3, 0.4) is 0 Å². The molecule has 1 N–H and O–H groups in total. The van der Waals surface area contributed by atoms with Gasteiger partial charge in [0, 0.05) is 30.9 Å². The van der Waals surface area contributed by atoms with Gasteiger partial charge in [0.2, 0.25) is 0 Å². The molecule has 1 fully saturated rings. The number of carbonyl (C=O) groups is 1. The minimum absolute atomic E-state index is 0.330. The average Bonchev–Trinajstić information content (AvgIpc) is 3.52. The summed E-state index contributed by atoms with van der Waals surface area (Å²) in [7, 11) is 0. The van der Waals surface area contributed by atoms with E-state index >= 15 is 0 Å². The van der Waals surface area contributed by atoms with E-state index in [9.17, 15) is 9.90 Å². The minimum atomic E-state index is -0.898. The Morgan fingerprint density at radius 1 is 1.13 bits per heavy atom. The van der Waals surface area contributed by atoms with E-state index < -0.39 is 5.97 Å². The third kappa shape index (κ3) is 3.61. The normalized spacial score (nSPS) is 13.6. The molecule has 30 heavy (non-hydrogen) atoms. The van der Waals surface area contributed by atoms with Gasteiger partial charge in [0.05, 0.1) is 11.3 Å². The first-order valence-electron chi connectivity index (χ1n) is 10.4. The first kappa shape index (κ1) is 18.6. The van der Waals surface area contributed by atoms with Gasteiger partial charge < -0.3 is 9.67 Å². The van der Waals surface area contributed by atoms with Crippen LogP contribution >= 0.6 is 0 Å². The van der Waals surface area contributed by atoms with E-state index in [4.69, 9.17) is 0 Å². The fraction of sp³-hybridized carbons (Fsp3) is 0.231. The topological polar surface area (TPSA) is 55.1 Å². The van der Waals surface area contributed by atoms with Gasteiger partial charge in [0.25, 0.3) is 0 Å². The summed E-state index contributed by atoms with van der Waals surface area (Å²) in [6, 6.07) is 18.7. The van der Waals surface area contributed by atoms with Gasteiger partial charge in [-0.3, -0.25) is 4.98 Å². The molecular formula is C26H24N2O2. The van der Waals surface area contributed by atoms with Crippen LogP contribution in [0.25, 0.3) is 10.9 Å². The van der Waals surface area contributed by atoms with Crippen LogP contribution in [0.15, 0.2) is 67.0 Å². The van der Waals surface area contributed by atoms with Crippen LogP contribution in [-0.2, 0) is 13.0 Å². The van der Waals surface area contributed by atoms with Crippen molar-refractivity contribution in [3.8, 4) is 0 Å². The van der Waals surface area contributed by atoms with E-state index in [2.05, 4.69) is 71.2 Å². The Morgan fingerprint density at radius 3 is 2.73 bits per heavy atom. The summed E-state index contributed by atoms with van der Waals surface area (Å²) in [5.74, 6) is -0.403. The van der Waals surface area contributed by atoms with E-state index in [1.54, 1.807) is 0 Å². The molecule has 0 saturated heterocycles. The molecule has 0 aliphatic heterocycles. The van der Waals surface area contributed by atoms with Crippen LogP contribution in [0.5, 0.6) is 0 Å². The summed E-state index contributed by atoms with van der Waals surface area (Å²) >= 11 is 0. The Morgan fingerprint density at radius 2 is 1.97 bits per heavy atom. The molecule has 0 amide bonds. The van der Waals surface area contributed by atoms with Gasteiger partial charge in [-0.2, -0.15) is 0 Å². The fourth-order valence-corrected chi connectivity index (χ4v) is 4.14. The summed E-state index contributed by atoms with van der Waals surface area (Å²) in [6.45, 7) is 2.98. The van der Waals surface area contributed by atoms with Crippen molar-refractivity contribution in [2.75, 3.05) is 0 Å². The Labute approximate surface area is 175 Å². The molecule has 0 spiro atoms. The van der Waals surface area contributed by atoms with Crippen molar-refractivity contribution in [2.24, 2.45) is 0 Å². The number of nitrogens with zero attached hydrogens (tertiary/aromatic N) is 2. The predicted molar refractivity (Wildman–Crippen MR) is 118 cm³/mol. The summed E-state index contributed by atoms with van der Waals surface area (Å²) in [4.78, 5) is 16.3. The standard InChI is InChI=1S/C26H24N2O2/c1-17-4-2-3-5-21(17)16-28-11-10-20-12-18(6-9-25(20)28)13-24-23(26(29)30)14-22(15-27-24)19-7-8-19/h2-6,9-12,14-15,19H,7-8,13,16H2,1H3,(H,29,30). The van der Waals surface area contributed by atoms with Gasteiger partial charge in [-0.05, 0) is 77.6 Å². The highest BCUT2D eigenvalue weighted by Crippen LogP contribution is 2.40. The molecule has 1 aliphatic carbocycles. The lowest BCUT2D eigenvalue weighted by Crippen LogP contribution is -2.07. The largest absolute Gasteiger partial charge is 0.478 e. The van der Waals surface area contributed by atoms with Crippen LogP contribution in [0.1, 0.15) is 57.1 Å². The van der Waals surface area contributed by atoms with Crippen LogP contribution in [0.2, 0.25) is 0 Å². The second kappa shape index (κ2) is 7.45. The number of hydrogen-bond donors (Lipinski definition) is 1. The van der Waals surface area contributed by atoms with E-state index in [1.807, 2.05) is 12.3 Å². The molecule has 1 aliphatic rings. The van der Waals surface area contributed by atoms with Crippen LogP contribution < -0.4 is 0 Å². The van der Waals surface area contributed by atoms with Crippen molar-refractivity contribution in [2.45, 2.75) is 38.6 Å². The van der Waals surface area contributed by atoms with Crippen molar-refractivity contribution in [1.29, 1.82) is 0 Å². The van der Waals surface area contributed by atoms with E-state index in [-0.39, 0.29) is 0 Å². The number of pyridine rings is 1. The summed E-state index contributed by atoms with van der Waals surface area (Å²) in [6.07, 6.45) is 6.76. The van der Waals surface area contributed by atoms with Gasteiger partial charge in [0.1, 0.15) is 0 Å². The van der Waals surface area contributed by atoms with Crippen molar-refractivity contribution in [3.05, 3.63) is 101 Å². The lowest BCUT2D eigenvalue weighted by Gasteiger charge is -2.10. The molecular weight excluding hydrogens is 372 g/mol. The number of aromatic carboxylic acids is 1. The second-order valence-corrected chi connectivity index (χ2v) is 8.28. The Hall–Kier alpha value is -3.40. The van der Waals surface area contributed by atoms with Gasteiger partial charge in [0.15, 0.2) is 0 Å². The number of hydrogen-bond acceptors (Lipinski definition) is 2. The van der Waals surface area contributed by atoms with Gasteiger partial charge >= 0.3 is 5.97 Å². The predicted octanol–water partition coefficient (Wildman–Crippen LogP) is 5.56. The third-order valence-electron chi connectivity index (χ3n) is 6.08. The highest BCUT2D eigenvalue weighted by Gasteiger charge is 2.25. The quantitative estimate of drug-likeness (QED) is 0.464. The summed E-state index contributed by atoms with van der Waals surface area (Å²) in [5.41, 5.74) is 6.87. The molecule has 1 saturated carbocycles. The zero-order valence-corrected chi connectivity index (χ0v) is 17.0. The van der Waals surface area contributed by atoms with E-state index in [1.165, 1.54) is 16.6 Å². The van der Waals surface area contributed by atoms with Crippen LogP contribution in [0, 0.1) is 6.92 Å². The molecule has 5 rings (SSSR count). The third-order valence-corrected chi connectivity index (χ3v) is 6.08. The highest BCUT2D eigenvalue weighted by atomic mass is 16.4. The first-order chi connectivity index (χ1) is 14.6. The number of carboxylic acid groups (broad SMARTS) is 1. The second-order valence-electron chi connectivity index (χ2n) is 8.28. The summed E-state index contributed by atoms with van der Waals surface area (Å²) in [5, 5.41) is 10.8. The molecule has 2 heterocycles.